The van der Waals surface area contributed by atoms with Crippen molar-refractivity contribution >= 4 is 21.7 Å². The van der Waals surface area contributed by atoms with Crippen LogP contribution >= 0.6 is 0 Å². The molecule has 0 saturated carbocycles. The number of carbonyl (C=O) groups is 1. The molecule has 0 spiro atoms. The van der Waals surface area contributed by atoms with Crippen LogP contribution in [0.1, 0.15) is 0 Å². The van der Waals surface area contributed by atoms with Gasteiger partial charge in [0.15, 0.2) is 5.82 Å². The number of nitrogen functional groups attached to an aromatic ring is 1. The topological polar surface area (TPSA) is 110 Å². The maximum atomic E-state index is 12.0. The van der Waals surface area contributed by atoms with E-state index >= 15 is 0 Å². The fourth-order valence-electron chi connectivity index (χ4n) is 1.22. The highest BCUT2D eigenvalue weighted by molar-refractivity contribution is 7.89. The van der Waals surface area contributed by atoms with Gasteiger partial charge in [-0.1, -0.05) is 0 Å². The second-order valence-electron chi connectivity index (χ2n) is 3.49. The number of amides is 1. The van der Waals surface area contributed by atoms with E-state index in [9.17, 15) is 13.2 Å². The van der Waals surface area contributed by atoms with E-state index in [1.807, 2.05) is 0 Å². The number of anilines is 1. The Hall–Kier alpha value is -1.61. The zero-order valence-electron chi connectivity index (χ0n) is 9.84. The number of nitrogens with zero attached hydrogens (tertiary/aromatic N) is 3. The first-order valence-electron chi connectivity index (χ1n) is 4.75. The minimum absolute atomic E-state index is 0.0868. The van der Waals surface area contributed by atoms with Crippen LogP contribution in [0.2, 0.25) is 0 Å². The molecule has 1 aromatic heterocycles. The Morgan fingerprint density at radius 1 is 1.65 bits per heavy atom. The van der Waals surface area contributed by atoms with E-state index in [0.717, 1.165) is 4.31 Å². The number of rotatable bonds is 4. The molecule has 0 aliphatic heterocycles. The molecule has 0 radical (unpaired) electrons. The van der Waals surface area contributed by atoms with Gasteiger partial charge in [-0.15, -0.1) is 0 Å². The average Bonchev–Trinajstić information content (AvgIpc) is 2.58. The van der Waals surface area contributed by atoms with E-state index < -0.39 is 15.9 Å². The van der Waals surface area contributed by atoms with E-state index in [1.54, 1.807) is 7.05 Å². The third-order valence-corrected chi connectivity index (χ3v) is 3.98. The monoisotopic (exact) mass is 261 g/mol. The summed E-state index contributed by atoms with van der Waals surface area (Å²) in [6.45, 7) is -0.271. The lowest BCUT2D eigenvalue weighted by Gasteiger charge is -2.15. The van der Waals surface area contributed by atoms with Crippen molar-refractivity contribution in [2.75, 3.05) is 26.4 Å². The molecular formula is C8H15N5O3S. The van der Waals surface area contributed by atoms with Gasteiger partial charge in [0, 0.05) is 27.3 Å². The summed E-state index contributed by atoms with van der Waals surface area (Å²) >= 11 is 0. The number of aryl methyl sites for hydroxylation is 1. The Labute approximate surface area is 99.4 Å². The molecule has 0 saturated heterocycles. The van der Waals surface area contributed by atoms with E-state index in [-0.39, 0.29) is 17.3 Å². The number of nitrogens with two attached hydrogens (primary N) is 1. The summed E-state index contributed by atoms with van der Waals surface area (Å²) in [5.74, 6) is -0.491. The van der Waals surface area contributed by atoms with Crippen LogP contribution in [0, 0.1) is 0 Å². The Morgan fingerprint density at radius 2 is 2.24 bits per heavy atom. The molecule has 1 rings (SSSR count). The van der Waals surface area contributed by atoms with E-state index in [2.05, 4.69) is 10.4 Å². The lowest BCUT2D eigenvalue weighted by atomic mass is 10.6. The molecule has 0 bridgehead atoms. The van der Waals surface area contributed by atoms with Crippen molar-refractivity contribution in [2.24, 2.45) is 7.05 Å². The molecule has 8 nitrogen and oxygen atoms in total. The summed E-state index contributed by atoms with van der Waals surface area (Å²) in [4.78, 5) is 11.0. The molecule has 1 heterocycles. The fraction of sp³-hybridized carbons (Fsp3) is 0.500. The predicted molar refractivity (Wildman–Crippen MR) is 61.5 cm³/mol. The summed E-state index contributed by atoms with van der Waals surface area (Å²) in [7, 11) is 0.508. The van der Waals surface area contributed by atoms with Gasteiger partial charge < -0.3 is 11.1 Å². The summed E-state index contributed by atoms with van der Waals surface area (Å²) in [5.41, 5.74) is 5.49. The molecule has 17 heavy (non-hydrogen) atoms. The summed E-state index contributed by atoms with van der Waals surface area (Å²) in [6, 6.07) is 0. The van der Waals surface area contributed by atoms with Gasteiger partial charge in [-0.2, -0.15) is 9.40 Å². The lowest BCUT2D eigenvalue weighted by Crippen LogP contribution is -2.37. The number of hydrogen-bond acceptors (Lipinski definition) is 5. The zero-order chi connectivity index (χ0) is 13.2. The summed E-state index contributed by atoms with van der Waals surface area (Å²) in [5, 5.41) is 6.09. The van der Waals surface area contributed by atoms with Crippen molar-refractivity contribution in [2.45, 2.75) is 4.90 Å². The average molecular weight is 261 g/mol. The lowest BCUT2D eigenvalue weighted by molar-refractivity contribution is -0.120. The molecule has 3 N–H and O–H groups in total. The predicted octanol–water partition coefficient (Wildman–Crippen LogP) is -1.63. The van der Waals surface area contributed by atoms with Crippen LogP contribution in [0.15, 0.2) is 11.1 Å². The molecule has 1 aromatic rings. The number of likely N-dealkylation sites (N-methyl/N-ethyl adjacent to an activating group) is 2. The van der Waals surface area contributed by atoms with E-state index in [4.69, 9.17) is 5.73 Å². The van der Waals surface area contributed by atoms with E-state index in [0.29, 0.717) is 0 Å². The minimum atomic E-state index is -3.79. The molecule has 0 unspecified atom stereocenters. The van der Waals surface area contributed by atoms with Crippen molar-refractivity contribution < 1.29 is 13.2 Å². The van der Waals surface area contributed by atoms with Gasteiger partial charge in [0.2, 0.25) is 15.9 Å². The Bertz CT molecular complexity index is 521. The summed E-state index contributed by atoms with van der Waals surface area (Å²) in [6.07, 6.45) is 1.30. The molecule has 1 amide bonds. The Kier molecular flexibility index (Phi) is 3.73. The quantitative estimate of drug-likeness (QED) is 0.676. The third kappa shape index (κ3) is 2.74. The van der Waals surface area contributed by atoms with Crippen molar-refractivity contribution in [3.63, 3.8) is 0 Å². The van der Waals surface area contributed by atoms with Crippen LogP contribution in [0.4, 0.5) is 5.82 Å². The molecule has 0 fully saturated rings. The van der Waals surface area contributed by atoms with Gasteiger partial charge in [-0.25, -0.2) is 8.42 Å². The Morgan fingerprint density at radius 3 is 2.65 bits per heavy atom. The second kappa shape index (κ2) is 4.72. The first kappa shape index (κ1) is 13.5. The van der Waals surface area contributed by atoms with Crippen LogP contribution in [-0.2, 0) is 21.9 Å². The van der Waals surface area contributed by atoms with Gasteiger partial charge in [0.1, 0.15) is 4.90 Å². The number of aromatic nitrogens is 2. The van der Waals surface area contributed by atoms with Crippen LogP contribution in [0.5, 0.6) is 0 Å². The second-order valence-corrected chi connectivity index (χ2v) is 5.50. The molecule has 0 atom stereocenters. The van der Waals surface area contributed by atoms with Crippen LogP contribution in [0.3, 0.4) is 0 Å². The van der Waals surface area contributed by atoms with Crippen molar-refractivity contribution in [3.05, 3.63) is 6.20 Å². The highest BCUT2D eigenvalue weighted by Gasteiger charge is 2.26. The smallest absolute Gasteiger partial charge is 0.248 e. The number of hydrogen-bond donors (Lipinski definition) is 2. The molecule has 0 aromatic carbocycles. The molecule has 0 aliphatic rings. The highest BCUT2D eigenvalue weighted by Crippen LogP contribution is 2.19. The molecule has 0 aliphatic carbocycles. The number of carbonyl (C=O) groups excluding carboxylic acids is 1. The van der Waals surface area contributed by atoms with Gasteiger partial charge in [-0.05, 0) is 0 Å². The van der Waals surface area contributed by atoms with Crippen molar-refractivity contribution in [1.82, 2.24) is 19.4 Å². The third-order valence-electron chi connectivity index (χ3n) is 2.16. The van der Waals surface area contributed by atoms with Crippen LogP contribution in [-0.4, -0.2) is 49.1 Å². The normalized spacial score (nSPS) is 11.8. The maximum Gasteiger partial charge on any atom is 0.248 e. The van der Waals surface area contributed by atoms with Crippen LogP contribution < -0.4 is 11.1 Å². The van der Waals surface area contributed by atoms with Gasteiger partial charge in [0.25, 0.3) is 0 Å². The van der Waals surface area contributed by atoms with Crippen molar-refractivity contribution in [1.29, 1.82) is 0 Å². The molecule has 96 valence electrons. The molecule has 9 heteroatoms. The van der Waals surface area contributed by atoms with Crippen molar-refractivity contribution in [3.8, 4) is 0 Å². The first-order chi connectivity index (χ1) is 7.78. The highest BCUT2D eigenvalue weighted by atomic mass is 32.2. The minimum Gasteiger partial charge on any atom is -0.381 e. The van der Waals surface area contributed by atoms with Gasteiger partial charge in [-0.3, -0.25) is 9.48 Å². The summed E-state index contributed by atoms with van der Waals surface area (Å²) < 4.78 is 26.3. The maximum absolute atomic E-state index is 12.0. The Balaban J connectivity index is 3.03. The van der Waals surface area contributed by atoms with Crippen LogP contribution in [0.25, 0.3) is 0 Å². The number of nitrogens with one attached hydrogen (secondary N) is 1. The zero-order valence-corrected chi connectivity index (χ0v) is 10.7. The largest absolute Gasteiger partial charge is 0.381 e. The number of sulfonamides is 1. The van der Waals surface area contributed by atoms with Gasteiger partial charge in [0.05, 0.1) is 6.54 Å². The standard InChI is InChI=1S/C8H15N5O3S/c1-10-7(14)5-13(3)17(15,16)6-4-12(2)11-8(6)9/h4H,5H2,1-3H3,(H2,9,11)(H,10,14). The fourth-order valence-corrected chi connectivity index (χ4v) is 2.43. The first-order valence-corrected chi connectivity index (χ1v) is 6.19. The van der Waals surface area contributed by atoms with E-state index in [1.165, 1.54) is 25.0 Å². The SMILES string of the molecule is CNC(=O)CN(C)S(=O)(=O)c1cn(C)nc1N. The molecular weight excluding hydrogens is 246 g/mol. The van der Waals surface area contributed by atoms with Gasteiger partial charge >= 0.3 is 0 Å².